The molecule has 92 valence electrons. The van der Waals surface area contributed by atoms with E-state index in [1.807, 2.05) is 18.2 Å². The highest BCUT2D eigenvalue weighted by molar-refractivity contribution is 6.07. The van der Waals surface area contributed by atoms with Crippen LogP contribution >= 0.6 is 0 Å². The van der Waals surface area contributed by atoms with Crippen LogP contribution in [-0.2, 0) is 0 Å². The minimum absolute atomic E-state index is 0.0795. The van der Waals surface area contributed by atoms with E-state index in [9.17, 15) is 14.9 Å². The van der Waals surface area contributed by atoms with Gasteiger partial charge in [-0.25, -0.2) is 0 Å². The molecule has 0 aliphatic heterocycles. The minimum Gasteiger partial charge on any atom is -0.298 e. The highest BCUT2D eigenvalue weighted by Crippen LogP contribution is 2.30. The summed E-state index contributed by atoms with van der Waals surface area (Å²) in [6, 6.07) is 13.9. The lowest BCUT2D eigenvalue weighted by molar-refractivity contribution is -0.383. The molecule has 0 spiro atoms. The van der Waals surface area contributed by atoms with Gasteiger partial charge in [0.2, 0.25) is 0 Å². The van der Waals surface area contributed by atoms with Gasteiger partial charge in [0.15, 0.2) is 6.29 Å². The van der Waals surface area contributed by atoms with Gasteiger partial charge < -0.3 is 0 Å². The van der Waals surface area contributed by atoms with Gasteiger partial charge in [-0.1, -0.05) is 30.3 Å². The number of fused-ring (bicyclic) bond motifs is 2. The predicted octanol–water partition coefficient (Wildman–Crippen LogP) is 3.71. The number of nitrogens with zero attached hydrogens (tertiary/aromatic N) is 1. The molecule has 0 fully saturated rings. The number of hydrogen-bond donors (Lipinski definition) is 0. The molecular formula is C15H9NO3. The van der Waals surface area contributed by atoms with Gasteiger partial charge in [-0.05, 0) is 28.3 Å². The van der Waals surface area contributed by atoms with Crippen LogP contribution in [-0.4, -0.2) is 11.2 Å². The molecule has 19 heavy (non-hydrogen) atoms. The Kier molecular flexibility index (Phi) is 2.49. The molecule has 3 aromatic rings. The number of carbonyl (C=O) groups is 1. The first-order valence-corrected chi connectivity index (χ1v) is 5.76. The summed E-state index contributed by atoms with van der Waals surface area (Å²) in [5.74, 6) is 0. The van der Waals surface area contributed by atoms with Gasteiger partial charge >= 0.3 is 0 Å². The number of aldehydes is 1. The monoisotopic (exact) mass is 251 g/mol. The second kappa shape index (κ2) is 4.17. The molecular weight excluding hydrogens is 242 g/mol. The molecule has 0 aliphatic rings. The molecule has 0 bridgehead atoms. The molecule has 0 radical (unpaired) electrons. The fourth-order valence-electron chi connectivity index (χ4n) is 2.32. The van der Waals surface area contributed by atoms with E-state index in [0.717, 1.165) is 22.4 Å². The zero-order valence-corrected chi connectivity index (χ0v) is 9.87. The van der Waals surface area contributed by atoms with Crippen LogP contribution in [0.2, 0.25) is 0 Å². The van der Waals surface area contributed by atoms with Crippen molar-refractivity contribution in [1.82, 2.24) is 0 Å². The lowest BCUT2D eigenvalue weighted by Gasteiger charge is -2.04. The molecule has 4 nitrogen and oxygen atoms in total. The Balaban J connectivity index is 2.48. The Morgan fingerprint density at radius 1 is 0.947 bits per heavy atom. The largest absolute Gasteiger partial charge is 0.298 e. The van der Waals surface area contributed by atoms with E-state index in [2.05, 4.69) is 0 Å². The molecule has 0 atom stereocenters. The van der Waals surface area contributed by atoms with Crippen LogP contribution in [0.5, 0.6) is 0 Å². The maximum absolute atomic E-state index is 11.0. The van der Waals surface area contributed by atoms with Gasteiger partial charge in [0.05, 0.1) is 10.3 Å². The fraction of sp³-hybridized carbons (Fsp3) is 0. The van der Waals surface area contributed by atoms with Crippen molar-refractivity contribution < 1.29 is 9.72 Å². The summed E-state index contributed by atoms with van der Waals surface area (Å²) in [5, 5.41) is 14.0. The van der Waals surface area contributed by atoms with Crippen molar-refractivity contribution in [2.24, 2.45) is 0 Å². The molecule has 3 aromatic carbocycles. The summed E-state index contributed by atoms with van der Waals surface area (Å²) in [6.07, 6.45) is 0.797. The fourth-order valence-corrected chi connectivity index (χ4v) is 2.32. The first-order chi connectivity index (χ1) is 9.20. The number of hydrogen-bond acceptors (Lipinski definition) is 3. The molecule has 0 saturated heterocycles. The molecule has 4 heteroatoms. The van der Waals surface area contributed by atoms with Gasteiger partial charge in [0, 0.05) is 11.6 Å². The smallest absolute Gasteiger partial charge is 0.277 e. The maximum Gasteiger partial charge on any atom is 0.277 e. The quantitative estimate of drug-likeness (QED) is 0.302. The Morgan fingerprint density at radius 2 is 1.58 bits per heavy atom. The van der Waals surface area contributed by atoms with Crippen molar-refractivity contribution in [3.8, 4) is 0 Å². The third kappa shape index (κ3) is 1.74. The zero-order valence-electron chi connectivity index (χ0n) is 9.87. The van der Waals surface area contributed by atoms with E-state index >= 15 is 0 Å². The van der Waals surface area contributed by atoms with E-state index in [1.165, 1.54) is 6.07 Å². The maximum atomic E-state index is 11.0. The lowest BCUT2D eigenvalue weighted by Crippen LogP contribution is -1.90. The third-order valence-electron chi connectivity index (χ3n) is 3.21. The number of nitro benzene ring substituents is 1. The van der Waals surface area contributed by atoms with E-state index in [-0.39, 0.29) is 5.69 Å². The van der Waals surface area contributed by atoms with Crippen molar-refractivity contribution in [2.75, 3.05) is 0 Å². The van der Waals surface area contributed by atoms with Gasteiger partial charge in [-0.2, -0.15) is 0 Å². The molecule has 3 rings (SSSR count). The van der Waals surface area contributed by atoms with Crippen LogP contribution in [0.25, 0.3) is 21.5 Å². The second-order valence-electron chi connectivity index (χ2n) is 4.29. The molecule has 0 unspecified atom stereocenters. The molecule has 0 aliphatic carbocycles. The summed E-state index contributed by atoms with van der Waals surface area (Å²) >= 11 is 0. The van der Waals surface area contributed by atoms with E-state index in [0.29, 0.717) is 10.9 Å². The van der Waals surface area contributed by atoms with Gasteiger partial charge in [0.1, 0.15) is 0 Å². The Morgan fingerprint density at radius 3 is 2.26 bits per heavy atom. The highest BCUT2D eigenvalue weighted by Gasteiger charge is 2.12. The van der Waals surface area contributed by atoms with E-state index in [4.69, 9.17) is 0 Å². The van der Waals surface area contributed by atoms with Gasteiger partial charge in [-0.3, -0.25) is 14.9 Å². The number of rotatable bonds is 2. The minimum atomic E-state index is -0.391. The molecule has 0 amide bonds. The summed E-state index contributed by atoms with van der Waals surface area (Å²) in [7, 11) is 0. The first kappa shape index (κ1) is 11.3. The standard InChI is InChI=1S/C15H9NO3/c17-9-12-5-1-3-10-8-14-11(7-13(10)12)4-2-6-15(14)16(18)19/h1-9H. The summed E-state index contributed by atoms with van der Waals surface area (Å²) in [6.45, 7) is 0. The number of carbonyl (C=O) groups excluding carboxylic acids is 1. The number of nitro groups is 1. The topological polar surface area (TPSA) is 60.2 Å². The van der Waals surface area contributed by atoms with Crippen molar-refractivity contribution in [3.63, 3.8) is 0 Å². The Bertz CT molecular complexity index is 824. The lowest BCUT2D eigenvalue weighted by atomic mass is 9.99. The summed E-state index contributed by atoms with van der Waals surface area (Å²) < 4.78 is 0. The van der Waals surface area contributed by atoms with Crippen molar-refractivity contribution in [2.45, 2.75) is 0 Å². The average molecular weight is 251 g/mol. The number of benzene rings is 3. The van der Waals surface area contributed by atoms with Crippen LogP contribution < -0.4 is 0 Å². The first-order valence-electron chi connectivity index (χ1n) is 5.76. The zero-order chi connectivity index (χ0) is 13.4. The second-order valence-corrected chi connectivity index (χ2v) is 4.29. The Labute approximate surface area is 108 Å². The molecule has 0 heterocycles. The Hall–Kier alpha value is -2.75. The molecule has 0 saturated carbocycles. The van der Waals surface area contributed by atoms with Crippen LogP contribution in [0, 0.1) is 10.1 Å². The molecule has 0 aromatic heterocycles. The van der Waals surface area contributed by atoms with Gasteiger partial charge in [-0.15, -0.1) is 0 Å². The van der Waals surface area contributed by atoms with Crippen LogP contribution in [0.15, 0.2) is 48.5 Å². The van der Waals surface area contributed by atoms with Crippen molar-refractivity contribution in [1.29, 1.82) is 0 Å². The normalized spacial score (nSPS) is 10.7. The third-order valence-corrected chi connectivity index (χ3v) is 3.21. The van der Waals surface area contributed by atoms with Gasteiger partial charge in [0.25, 0.3) is 5.69 Å². The SMILES string of the molecule is O=Cc1cccc2cc3c([N+](=O)[O-])cccc3cc12. The molecule has 0 N–H and O–H groups in total. The van der Waals surface area contributed by atoms with Crippen LogP contribution in [0.4, 0.5) is 5.69 Å². The summed E-state index contributed by atoms with van der Waals surface area (Å²) in [4.78, 5) is 21.7. The van der Waals surface area contributed by atoms with E-state index in [1.54, 1.807) is 24.3 Å². The van der Waals surface area contributed by atoms with Crippen molar-refractivity contribution in [3.05, 3.63) is 64.2 Å². The average Bonchev–Trinajstić information content (AvgIpc) is 2.43. The van der Waals surface area contributed by atoms with Crippen LogP contribution in [0.3, 0.4) is 0 Å². The number of non-ortho nitro benzene ring substituents is 1. The van der Waals surface area contributed by atoms with Crippen molar-refractivity contribution >= 4 is 33.5 Å². The van der Waals surface area contributed by atoms with E-state index < -0.39 is 4.92 Å². The highest BCUT2D eigenvalue weighted by atomic mass is 16.6. The summed E-state index contributed by atoms with van der Waals surface area (Å²) in [5.41, 5.74) is 0.668. The predicted molar refractivity (Wildman–Crippen MR) is 73.5 cm³/mol. The van der Waals surface area contributed by atoms with Crippen LogP contribution in [0.1, 0.15) is 10.4 Å².